The second-order valence-electron chi connectivity index (χ2n) is 6.18. The topological polar surface area (TPSA) is 29.6 Å². The summed E-state index contributed by atoms with van der Waals surface area (Å²) in [5, 5.41) is 0. The van der Waals surface area contributed by atoms with Gasteiger partial charge in [0.2, 0.25) is 0 Å². The van der Waals surface area contributed by atoms with Crippen LogP contribution in [-0.2, 0) is 9.53 Å². The van der Waals surface area contributed by atoms with Gasteiger partial charge in [0.1, 0.15) is 0 Å². The molecular formula is C15H20O2. The first-order chi connectivity index (χ1) is 7.98. The molecule has 3 aliphatic rings. The Morgan fingerprint density at radius 2 is 2.12 bits per heavy atom. The average molecular weight is 232 g/mol. The lowest BCUT2D eigenvalue weighted by Gasteiger charge is -2.48. The van der Waals surface area contributed by atoms with E-state index >= 15 is 0 Å². The van der Waals surface area contributed by atoms with E-state index in [0.29, 0.717) is 11.8 Å². The van der Waals surface area contributed by atoms with Gasteiger partial charge in [-0.2, -0.15) is 0 Å². The largest absolute Gasteiger partial charge is 0.369 e. The predicted octanol–water partition coefficient (Wildman–Crippen LogP) is 2.89. The predicted molar refractivity (Wildman–Crippen MR) is 66.6 cm³/mol. The molecule has 0 saturated carbocycles. The van der Waals surface area contributed by atoms with Gasteiger partial charge in [-0.25, -0.2) is 0 Å². The number of carbonyl (C=O) groups excluding carboxylic acids is 1. The Bertz CT molecular complexity index is 428. The third-order valence-electron chi connectivity index (χ3n) is 5.16. The average Bonchev–Trinajstić information content (AvgIpc) is 3.00. The summed E-state index contributed by atoms with van der Waals surface area (Å²) in [6.07, 6.45) is 8.21. The van der Waals surface area contributed by atoms with E-state index in [4.69, 9.17) is 4.74 Å². The van der Waals surface area contributed by atoms with E-state index < -0.39 is 0 Å². The second-order valence-corrected chi connectivity index (χ2v) is 6.18. The van der Waals surface area contributed by atoms with Crippen LogP contribution in [0.2, 0.25) is 0 Å². The van der Waals surface area contributed by atoms with Gasteiger partial charge in [-0.15, -0.1) is 0 Å². The van der Waals surface area contributed by atoms with Crippen LogP contribution >= 0.6 is 0 Å². The van der Waals surface area contributed by atoms with E-state index in [1.165, 1.54) is 6.42 Å². The number of ether oxygens (including phenoxy) is 1. The van der Waals surface area contributed by atoms with Crippen molar-refractivity contribution in [2.24, 2.45) is 17.3 Å². The fourth-order valence-electron chi connectivity index (χ4n) is 3.71. The van der Waals surface area contributed by atoms with E-state index in [-0.39, 0.29) is 16.8 Å². The zero-order valence-electron chi connectivity index (χ0n) is 10.8. The number of allylic oxidation sites excluding steroid dienone is 3. The Kier molecular flexibility index (Phi) is 2.19. The van der Waals surface area contributed by atoms with Crippen molar-refractivity contribution < 1.29 is 9.53 Å². The Labute approximate surface area is 103 Å². The molecule has 1 saturated heterocycles. The van der Waals surface area contributed by atoms with E-state index in [1.807, 2.05) is 0 Å². The van der Waals surface area contributed by atoms with E-state index in [0.717, 1.165) is 18.6 Å². The van der Waals surface area contributed by atoms with Crippen LogP contribution in [-0.4, -0.2) is 18.0 Å². The number of epoxide rings is 1. The first-order valence-electron chi connectivity index (χ1n) is 6.55. The van der Waals surface area contributed by atoms with Crippen LogP contribution < -0.4 is 0 Å². The van der Waals surface area contributed by atoms with Crippen molar-refractivity contribution in [2.75, 3.05) is 6.61 Å². The Morgan fingerprint density at radius 1 is 1.41 bits per heavy atom. The standard InChI is InChI=1S/C15H20O2/c1-10-5-4-6-11-12(16)7-8-13(15(10,11)3)14(2)9-17-14/h6-8,10,13H,4-5,9H2,1-3H3. The highest BCUT2D eigenvalue weighted by molar-refractivity contribution is 6.06. The summed E-state index contributed by atoms with van der Waals surface area (Å²) in [6.45, 7) is 7.52. The molecule has 0 N–H and O–H groups in total. The third-order valence-corrected chi connectivity index (χ3v) is 5.16. The number of hydrogen-bond donors (Lipinski definition) is 0. The van der Waals surface area contributed by atoms with Crippen LogP contribution in [0.1, 0.15) is 33.6 Å². The normalized spacial score (nSPS) is 48.6. The van der Waals surface area contributed by atoms with Gasteiger partial charge in [0, 0.05) is 16.9 Å². The van der Waals surface area contributed by atoms with Crippen LogP contribution in [0.5, 0.6) is 0 Å². The number of hydrogen-bond acceptors (Lipinski definition) is 2. The van der Waals surface area contributed by atoms with Crippen LogP contribution in [0.4, 0.5) is 0 Å². The number of rotatable bonds is 1. The van der Waals surface area contributed by atoms with E-state index in [2.05, 4.69) is 32.9 Å². The molecular weight excluding hydrogens is 212 g/mol. The highest BCUT2D eigenvalue weighted by Crippen LogP contribution is 2.57. The van der Waals surface area contributed by atoms with Crippen molar-refractivity contribution in [1.29, 1.82) is 0 Å². The van der Waals surface area contributed by atoms with Gasteiger partial charge in [-0.1, -0.05) is 26.0 Å². The molecule has 1 fully saturated rings. The SMILES string of the molecule is CC1CCC=C2C(=O)C=CC(C3(C)CO3)C21C. The quantitative estimate of drug-likeness (QED) is 0.651. The lowest BCUT2D eigenvalue weighted by atomic mass is 9.54. The molecule has 1 heterocycles. The monoisotopic (exact) mass is 232 g/mol. The van der Waals surface area contributed by atoms with Crippen LogP contribution in [0, 0.1) is 17.3 Å². The molecule has 0 aromatic carbocycles. The highest BCUT2D eigenvalue weighted by atomic mass is 16.6. The molecule has 0 aromatic heterocycles. The van der Waals surface area contributed by atoms with Gasteiger partial charge in [-0.05, 0) is 31.8 Å². The lowest BCUT2D eigenvalue weighted by molar-refractivity contribution is -0.114. The zero-order valence-corrected chi connectivity index (χ0v) is 10.8. The van der Waals surface area contributed by atoms with Gasteiger partial charge in [0.05, 0.1) is 12.2 Å². The summed E-state index contributed by atoms with van der Waals surface area (Å²) < 4.78 is 5.64. The Morgan fingerprint density at radius 3 is 2.76 bits per heavy atom. The summed E-state index contributed by atoms with van der Waals surface area (Å²) in [7, 11) is 0. The number of carbonyl (C=O) groups is 1. The molecule has 17 heavy (non-hydrogen) atoms. The number of fused-ring (bicyclic) bond motifs is 1. The molecule has 0 aromatic rings. The molecule has 4 atom stereocenters. The van der Waals surface area contributed by atoms with Crippen molar-refractivity contribution in [3.63, 3.8) is 0 Å². The van der Waals surface area contributed by atoms with Crippen molar-refractivity contribution in [2.45, 2.75) is 39.2 Å². The molecule has 4 unspecified atom stereocenters. The maximum absolute atomic E-state index is 12.1. The third kappa shape index (κ3) is 1.40. The summed E-state index contributed by atoms with van der Waals surface area (Å²) in [4.78, 5) is 12.1. The first kappa shape index (κ1) is 11.2. The smallest absolute Gasteiger partial charge is 0.181 e. The minimum atomic E-state index is -0.0450. The molecule has 0 spiro atoms. The maximum atomic E-state index is 12.1. The fourth-order valence-corrected chi connectivity index (χ4v) is 3.71. The maximum Gasteiger partial charge on any atom is 0.181 e. The highest BCUT2D eigenvalue weighted by Gasteiger charge is 2.58. The number of ketones is 1. The Balaban J connectivity index is 2.11. The van der Waals surface area contributed by atoms with Crippen LogP contribution in [0.3, 0.4) is 0 Å². The molecule has 0 radical (unpaired) electrons. The summed E-state index contributed by atoms with van der Waals surface area (Å²) in [6, 6.07) is 0. The van der Waals surface area contributed by atoms with Gasteiger partial charge in [0.15, 0.2) is 5.78 Å². The minimum Gasteiger partial charge on any atom is -0.369 e. The van der Waals surface area contributed by atoms with Gasteiger partial charge in [-0.3, -0.25) is 4.79 Å². The molecule has 1 aliphatic heterocycles. The summed E-state index contributed by atoms with van der Waals surface area (Å²) in [5.74, 6) is 1.09. The van der Waals surface area contributed by atoms with Crippen LogP contribution in [0.15, 0.2) is 23.8 Å². The lowest BCUT2D eigenvalue weighted by Crippen LogP contribution is -2.47. The van der Waals surface area contributed by atoms with Gasteiger partial charge in [0.25, 0.3) is 0 Å². The summed E-state index contributed by atoms with van der Waals surface area (Å²) >= 11 is 0. The fraction of sp³-hybridized carbons (Fsp3) is 0.667. The van der Waals surface area contributed by atoms with Crippen molar-refractivity contribution in [1.82, 2.24) is 0 Å². The van der Waals surface area contributed by atoms with Crippen molar-refractivity contribution >= 4 is 5.78 Å². The molecule has 3 rings (SSSR count). The van der Waals surface area contributed by atoms with Crippen LogP contribution in [0.25, 0.3) is 0 Å². The van der Waals surface area contributed by atoms with Crippen molar-refractivity contribution in [3.05, 3.63) is 23.8 Å². The molecule has 2 nitrogen and oxygen atoms in total. The van der Waals surface area contributed by atoms with E-state index in [1.54, 1.807) is 6.08 Å². The van der Waals surface area contributed by atoms with Gasteiger partial charge >= 0.3 is 0 Å². The second kappa shape index (κ2) is 3.32. The van der Waals surface area contributed by atoms with Gasteiger partial charge < -0.3 is 4.74 Å². The molecule has 0 bridgehead atoms. The van der Waals surface area contributed by atoms with E-state index in [9.17, 15) is 4.79 Å². The zero-order chi connectivity index (χ0) is 12.3. The molecule has 2 aliphatic carbocycles. The molecule has 2 heteroatoms. The Hall–Kier alpha value is -0.890. The molecule has 0 amide bonds. The molecule has 92 valence electrons. The minimum absolute atomic E-state index is 0.0324. The summed E-state index contributed by atoms with van der Waals surface area (Å²) in [5.41, 5.74) is 0.951. The first-order valence-corrected chi connectivity index (χ1v) is 6.55. The van der Waals surface area contributed by atoms with Crippen molar-refractivity contribution in [3.8, 4) is 0 Å².